The van der Waals surface area contributed by atoms with Crippen LogP contribution in [0.4, 0.5) is 0 Å². The van der Waals surface area contributed by atoms with Gasteiger partial charge in [0.25, 0.3) is 5.22 Å². The molecule has 0 saturated heterocycles. The van der Waals surface area contributed by atoms with E-state index in [-0.39, 0.29) is 0 Å². The van der Waals surface area contributed by atoms with Gasteiger partial charge in [0.05, 0.1) is 5.56 Å². The van der Waals surface area contributed by atoms with Crippen LogP contribution in [-0.2, 0) is 0 Å². The Bertz CT molecular complexity index is 979. The number of hydrogen-bond donors (Lipinski definition) is 1. The lowest BCUT2D eigenvalue weighted by molar-refractivity contribution is -0.620. The third kappa shape index (κ3) is 2.66. The summed E-state index contributed by atoms with van der Waals surface area (Å²) in [4.78, 5) is 12.8. The van der Waals surface area contributed by atoms with Gasteiger partial charge in [-0.2, -0.15) is 0 Å². The van der Waals surface area contributed by atoms with Crippen molar-refractivity contribution in [3.05, 3.63) is 42.1 Å². The van der Waals surface area contributed by atoms with Gasteiger partial charge in [-0.3, -0.25) is 4.98 Å². The molecule has 0 spiro atoms. The van der Waals surface area contributed by atoms with Crippen molar-refractivity contribution in [3.63, 3.8) is 0 Å². The fourth-order valence-corrected chi connectivity index (χ4v) is 2.95. The monoisotopic (exact) mass is 326 g/mol. The molecule has 0 radical (unpaired) electrons. The molecule has 0 atom stereocenters. The molecule has 0 aliphatic heterocycles. The van der Waals surface area contributed by atoms with Gasteiger partial charge in [-0.1, -0.05) is 9.97 Å². The van der Waals surface area contributed by atoms with Crippen LogP contribution in [0, 0.1) is 13.8 Å². The normalized spacial score (nSPS) is 11.2. The summed E-state index contributed by atoms with van der Waals surface area (Å²) in [5, 5.41) is 12.6. The standard InChI is InChI=1S/C14H11N7OS/c1-8-6-11(21-13(16-8)17-9(2)20-21)23-14-19-18-12(22-14)10-4-3-5-15-7-10/h3-7H,1-2H3/p+1. The lowest BCUT2D eigenvalue weighted by atomic mass is 10.3. The first-order valence-corrected chi connectivity index (χ1v) is 7.68. The predicted octanol–water partition coefficient (Wildman–Crippen LogP) is 1.76. The highest BCUT2D eigenvalue weighted by atomic mass is 32.2. The molecule has 4 aromatic rings. The first-order valence-electron chi connectivity index (χ1n) is 6.87. The van der Waals surface area contributed by atoms with Crippen molar-refractivity contribution in [1.29, 1.82) is 0 Å². The van der Waals surface area contributed by atoms with Gasteiger partial charge in [-0.05, 0) is 19.1 Å². The van der Waals surface area contributed by atoms with Crippen molar-refractivity contribution in [2.24, 2.45) is 0 Å². The maximum absolute atomic E-state index is 5.70. The number of nitrogens with zero attached hydrogens (tertiary/aromatic N) is 6. The number of aromatic nitrogens is 7. The minimum atomic E-state index is 0.438. The Labute approximate surface area is 135 Å². The molecule has 0 aliphatic carbocycles. The molecule has 23 heavy (non-hydrogen) atoms. The highest BCUT2D eigenvalue weighted by molar-refractivity contribution is 7.98. The van der Waals surface area contributed by atoms with Crippen LogP contribution in [0.5, 0.6) is 0 Å². The van der Waals surface area contributed by atoms with Crippen LogP contribution in [0.25, 0.3) is 17.2 Å². The zero-order chi connectivity index (χ0) is 15.8. The second kappa shape index (κ2) is 5.43. The minimum Gasteiger partial charge on any atom is -0.411 e. The summed E-state index contributed by atoms with van der Waals surface area (Å²) >= 11 is 1.35. The Balaban J connectivity index is 1.70. The summed E-state index contributed by atoms with van der Waals surface area (Å²) in [7, 11) is 0. The number of H-pyrrole nitrogens is 1. The summed E-state index contributed by atoms with van der Waals surface area (Å²) in [5.74, 6) is 1.83. The van der Waals surface area contributed by atoms with Gasteiger partial charge in [0.2, 0.25) is 11.7 Å². The van der Waals surface area contributed by atoms with Crippen molar-refractivity contribution in [2.75, 3.05) is 0 Å². The van der Waals surface area contributed by atoms with Gasteiger partial charge in [-0.25, -0.2) is 5.10 Å². The molecule has 9 heteroatoms. The van der Waals surface area contributed by atoms with Gasteiger partial charge in [-0.15, -0.1) is 14.7 Å². The van der Waals surface area contributed by atoms with E-state index in [1.54, 1.807) is 16.9 Å². The van der Waals surface area contributed by atoms with Crippen molar-refractivity contribution < 1.29 is 8.93 Å². The maximum Gasteiger partial charge on any atom is 0.458 e. The van der Waals surface area contributed by atoms with Crippen molar-refractivity contribution in [2.45, 2.75) is 24.1 Å². The van der Waals surface area contributed by atoms with Gasteiger partial charge in [0.15, 0.2) is 5.03 Å². The van der Waals surface area contributed by atoms with Gasteiger partial charge >= 0.3 is 5.78 Å². The van der Waals surface area contributed by atoms with Gasteiger partial charge < -0.3 is 4.42 Å². The Morgan fingerprint density at radius 2 is 2.13 bits per heavy atom. The molecule has 0 saturated carbocycles. The number of aromatic amines is 1. The molecule has 0 unspecified atom stereocenters. The average molecular weight is 326 g/mol. The molecule has 1 N–H and O–H groups in total. The zero-order valence-electron chi connectivity index (χ0n) is 12.4. The number of nitrogens with one attached hydrogen (secondary N) is 1. The number of rotatable bonds is 3. The molecule has 4 rings (SSSR count). The molecule has 0 aromatic carbocycles. The number of pyridine rings is 1. The number of aryl methyl sites for hydroxylation is 2. The molecule has 0 bridgehead atoms. The van der Waals surface area contributed by atoms with Gasteiger partial charge in [0.1, 0.15) is 5.69 Å². The zero-order valence-corrected chi connectivity index (χ0v) is 13.2. The molecule has 114 valence electrons. The Hall–Kier alpha value is -2.81. The van der Waals surface area contributed by atoms with E-state index in [1.807, 2.05) is 32.0 Å². The molecule has 0 amide bonds. The fourth-order valence-electron chi connectivity index (χ4n) is 2.12. The smallest absolute Gasteiger partial charge is 0.411 e. The lowest BCUT2D eigenvalue weighted by Crippen LogP contribution is -2.27. The van der Waals surface area contributed by atoms with Crippen LogP contribution in [0.3, 0.4) is 0 Å². The number of hydrogen-bond acceptors (Lipinski definition) is 7. The van der Waals surface area contributed by atoms with Crippen molar-refractivity contribution in [3.8, 4) is 11.5 Å². The first-order chi connectivity index (χ1) is 11.2. The van der Waals surface area contributed by atoms with E-state index < -0.39 is 0 Å². The van der Waals surface area contributed by atoms with Crippen LogP contribution >= 0.6 is 11.8 Å². The largest absolute Gasteiger partial charge is 0.458 e. The summed E-state index contributed by atoms with van der Waals surface area (Å²) in [6.45, 7) is 3.80. The SMILES string of the molecule is Cc1cc(Sc2nnc(-c3cccnc3)o2)[n+]2[nH]c(C)nc2n1. The molecule has 0 aliphatic rings. The summed E-state index contributed by atoms with van der Waals surface area (Å²) in [6, 6.07) is 5.63. The minimum absolute atomic E-state index is 0.438. The molecule has 8 nitrogen and oxygen atoms in total. The van der Waals surface area contributed by atoms with Crippen LogP contribution in [0.2, 0.25) is 0 Å². The summed E-state index contributed by atoms with van der Waals surface area (Å²) < 4.78 is 7.49. The van der Waals surface area contributed by atoms with Gasteiger partial charge in [0, 0.05) is 37.1 Å². The quantitative estimate of drug-likeness (QED) is 0.452. The van der Waals surface area contributed by atoms with Crippen LogP contribution in [0.15, 0.2) is 45.3 Å². The second-order valence-electron chi connectivity index (χ2n) is 4.90. The third-order valence-electron chi connectivity index (χ3n) is 3.08. The molecule has 4 heterocycles. The van der Waals surface area contributed by atoms with Crippen LogP contribution in [-0.4, -0.2) is 30.2 Å². The molecule has 4 aromatic heterocycles. The van der Waals surface area contributed by atoms with E-state index in [1.165, 1.54) is 11.8 Å². The van der Waals surface area contributed by atoms with E-state index >= 15 is 0 Å². The van der Waals surface area contributed by atoms with E-state index in [2.05, 4.69) is 30.2 Å². The molecular formula is C14H12N7OS+. The molecular weight excluding hydrogens is 314 g/mol. The average Bonchev–Trinajstić information content (AvgIpc) is 3.14. The maximum atomic E-state index is 5.70. The Morgan fingerprint density at radius 3 is 2.96 bits per heavy atom. The third-order valence-corrected chi connectivity index (χ3v) is 3.93. The topological polar surface area (TPSA) is 97.5 Å². The highest BCUT2D eigenvalue weighted by Gasteiger charge is 2.19. The first kappa shape index (κ1) is 13.8. The number of fused-ring (bicyclic) bond motifs is 1. The second-order valence-corrected chi connectivity index (χ2v) is 5.87. The van der Waals surface area contributed by atoms with E-state index in [0.717, 1.165) is 22.1 Å². The summed E-state index contributed by atoms with van der Waals surface area (Å²) in [6.07, 6.45) is 3.38. The van der Waals surface area contributed by atoms with Crippen LogP contribution < -0.4 is 4.52 Å². The lowest BCUT2D eigenvalue weighted by Gasteiger charge is -1.96. The Kier molecular flexibility index (Phi) is 3.27. The van der Waals surface area contributed by atoms with E-state index in [4.69, 9.17) is 4.42 Å². The van der Waals surface area contributed by atoms with Crippen molar-refractivity contribution >= 4 is 17.5 Å². The summed E-state index contributed by atoms with van der Waals surface area (Å²) in [5.41, 5.74) is 1.65. The van der Waals surface area contributed by atoms with E-state index in [9.17, 15) is 0 Å². The molecule has 0 fully saturated rings. The van der Waals surface area contributed by atoms with Crippen molar-refractivity contribution in [1.82, 2.24) is 30.2 Å². The highest BCUT2D eigenvalue weighted by Crippen LogP contribution is 2.27. The Morgan fingerprint density at radius 1 is 1.22 bits per heavy atom. The predicted molar refractivity (Wildman–Crippen MR) is 80.7 cm³/mol. The van der Waals surface area contributed by atoms with Crippen LogP contribution in [0.1, 0.15) is 11.5 Å². The fraction of sp³-hybridized carbons (Fsp3) is 0.143. The van der Waals surface area contributed by atoms with E-state index in [0.29, 0.717) is 16.9 Å².